The summed E-state index contributed by atoms with van der Waals surface area (Å²) in [6.07, 6.45) is 0.927. The molecule has 6 heteroatoms. The number of hydrogen-bond donors (Lipinski definition) is 2. The highest BCUT2D eigenvalue weighted by Crippen LogP contribution is 2.22. The molecule has 0 saturated carbocycles. The van der Waals surface area contributed by atoms with Crippen LogP contribution >= 0.6 is 15.9 Å². The van der Waals surface area contributed by atoms with Crippen LogP contribution in [0.25, 0.3) is 0 Å². The number of carbonyl (C=O) groups excluding carboxylic acids is 1. The van der Waals surface area contributed by atoms with Gasteiger partial charge < -0.3 is 15.2 Å². The van der Waals surface area contributed by atoms with E-state index in [1.54, 1.807) is 6.07 Å². The van der Waals surface area contributed by atoms with Crippen molar-refractivity contribution in [2.45, 2.75) is 31.4 Å². The van der Waals surface area contributed by atoms with Crippen molar-refractivity contribution in [3.63, 3.8) is 0 Å². The molecule has 1 amide bonds. The summed E-state index contributed by atoms with van der Waals surface area (Å²) in [5.41, 5.74) is 0.758. The molecular formula is C14H16BrNO4. The van der Waals surface area contributed by atoms with E-state index in [0.29, 0.717) is 13.0 Å². The van der Waals surface area contributed by atoms with E-state index >= 15 is 0 Å². The van der Waals surface area contributed by atoms with Gasteiger partial charge in [-0.15, -0.1) is 0 Å². The van der Waals surface area contributed by atoms with Crippen molar-refractivity contribution in [2.24, 2.45) is 0 Å². The monoisotopic (exact) mass is 341 g/mol. The number of halogens is 1. The van der Waals surface area contributed by atoms with Gasteiger partial charge in [-0.3, -0.25) is 9.59 Å². The van der Waals surface area contributed by atoms with Crippen LogP contribution in [0.4, 0.5) is 0 Å². The number of nitrogens with one attached hydrogen (secondary N) is 1. The molecule has 0 aliphatic carbocycles. The fourth-order valence-corrected chi connectivity index (χ4v) is 2.62. The molecule has 1 aromatic carbocycles. The Labute approximate surface area is 125 Å². The van der Waals surface area contributed by atoms with Crippen LogP contribution in [-0.2, 0) is 14.3 Å². The van der Waals surface area contributed by atoms with Crippen molar-refractivity contribution in [1.82, 2.24) is 5.32 Å². The summed E-state index contributed by atoms with van der Waals surface area (Å²) in [5.74, 6) is -1.20. The van der Waals surface area contributed by atoms with E-state index in [-0.39, 0.29) is 12.3 Å². The molecule has 108 valence electrons. The SMILES string of the molecule is O=C(O)C[C@@H](NC(=O)[C@H]1CCCO1)c1cccc(Br)c1. The van der Waals surface area contributed by atoms with E-state index in [9.17, 15) is 9.59 Å². The average Bonchev–Trinajstić information content (AvgIpc) is 2.91. The van der Waals surface area contributed by atoms with Crippen LogP contribution in [-0.4, -0.2) is 29.7 Å². The summed E-state index contributed by atoms with van der Waals surface area (Å²) in [6.45, 7) is 0.582. The summed E-state index contributed by atoms with van der Waals surface area (Å²) in [6, 6.07) is 6.72. The minimum Gasteiger partial charge on any atom is -0.481 e. The lowest BCUT2D eigenvalue weighted by atomic mass is 10.0. The van der Waals surface area contributed by atoms with Crippen LogP contribution in [0.5, 0.6) is 0 Å². The fraction of sp³-hybridized carbons (Fsp3) is 0.429. The molecule has 1 aliphatic rings. The maximum Gasteiger partial charge on any atom is 0.305 e. The van der Waals surface area contributed by atoms with Crippen molar-refractivity contribution in [2.75, 3.05) is 6.61 Å². The van der Waals surface area contributed by atoms with E-state index in [0.717, 1.165) is 16.5 Å². The van der Waals surface area contributed by atoms with Gasteiger partial charge in [0.25, 0.3) is 0 Å². The minimum absolute atomic E-state index is 0.158. The van der Waals surface area contributed by atoms with Gasteiger partial charge in [-0.1, -0.05) is 28.1 Å². The highest BCUT2D eigenvalue weighted by Gasteiger charge is 2.27. The van der Waals surface area contributed by atoms with Crippen LogP contribution in [0.15, 0.2) is 28.7 Å². The van der Waals surface area contributed by atoms with E-state index in [1.807, 2.05) is 18.2 Å². The number of carboxylic acids is 1. The molecule has 0 aromatic heterocycles. The van der Waals surface area contributed by atoms with E-state index in [1.165, 1.54) is 0 Å². The number of rotatable bonds is 5. The largest absolute Gasteiger partial charge is 0.481 e. The quantitative estimate of drug-likeness (QED) is 0.861. The first-order chi connectivity index (χ1) is 9.56. The second kappa shape index (κ2) is 6.85. The van der Waals surface area contributed by atoms with Gasteiger partial charge in [0.05, 0.1) is 12.5 Å². The standard InChI is InChI=1S/C14H16BrNO4/c15-10-4-1-3-9(7-10)11(8-13(17)18)16-14(19)12-5-2-6-20-12/h1,3-4,7,11-12H,2,5-6,8H2,(H,16,19)(H,17,18)/t11-,12-/m1/s1. The number of hydrogen-bond acceptors (Lipinski definition) is 3. The number of ether oxygens (including phenoxy) is 1. The molecule has 1 fully saturated rings. The molecule has 20 heavy (non-hydrogen) atoms. The molecular weight excluding hydrogens is 326 g/mol. The Morgan fingerprint density at radius 1 is 1.50 bits per heavy atom. The zero-order valence-corrected chi connectivity index (χ0v) is 12.4. The second-order valence-electron chi connectivity index (χ2n) is 4.72. The van der Waals surface area contributed by atoms with Gasteiger partial charge in [-0.2, -0.15) is 0 Å². The number of carboxylic acid groups (broad SMARTS) is 1. The van der Waals surface area contributed by atoms with Gasteiger partial charge in [0, 0.05) is 11.1 Å². The van der Waals surface area contributed by atoms with Crippen molar-refractivity contribution in [3.8, 4) is 0 Å². The van der Waals surface area contributed by atoms with Gasteiger partial charge in [-0.05, 0) is 30.5 Å². The third-order valence-electron chi connectivity index (χ3n) is 3.17. The highest BCUT2D eigenvalue weighted by atomic mass is 79.9. The minimum atomic E-state index is -0.956. The normalized spacial score (nSPS) is 19.6. The van der Waals surface area contributed by atoms with Crippen LogP contribution in [0.2, 0.25) is 0 Å². The maximum atomic E-state index is 12.1. The lowest BCUT2D eigenvalue weighted by Gasteiger charge is -2.20. The Hall–Kier alpha value is -1.40. The van der Waals surface area contributed by atoms with Crippen molar-refractivity contribution >= 4 is 27.8 Å². The summed E-state index contributed by atoms with van der Waals surface area (Å²) in [7, 11) is 0. The molecule has 2 N–H and O–H groups in total. The molecule has 0 radical (unpaired) electrons. The first-order valence-electron chi connectivity index (χ1n) is 6.45. The number of benzene rings is 1. The van der Waals surface area contributed by atoms with Gasteiger partial charge in [0.2, 0.25) is 5.91 Å². The highest BCUT2D eigenvalue weighted by molar-refractivity contribution is 9.10. The summed E-state index contributed by atoms with van der Waals surface area (Å²) >= 11 is 3.34. The zero-order valence-electron chi connectivity index (χ0n) is 10.8. The predicted octanol–water partition coefficient (Wildman–Crippen LogP) is 2.26. The molecule has 0 bridgehead atoms. The maximum absolute atomic E-state index is 12.1. The summed E-state index contributed by atoms with van der Waals surface area (Å²) in [4.78, 5) is 23.0. The Balaban J connectivity index is 2.10. The summed E-state index contributed by atoms with van der Waals surface area (Å²) < 4.78 is 6.16. The molecule has 0 spiro atoms. The van der Waals surface area contributed by atoms with Crippen LogP contribution in [0.1, 0.15) is 30.9 Å². The van der Waals surface area contributed by atoms with E-state index < -0.39 is 18.1 Å². The lowest BCUT2D eigenvalue weighted by molar-refractivity contribution is -0.138. The number of amides is 1. The van der Waals surface area contributed by atoms with Crippen molar-refractivity contribution in [1.29, 1.82) is 0 Å². The lowest BCUT2D eigenvalue weighted by Crippen LogP contribution is -2.37. The van der Waals surface area contributed by atoms with Crippen LogP contribution in [0.3, 0.4) is 0 Å². The Bertz CT molecular complexity index is 500. The van der Waals surface area contributed by atoms with Gasteiger partial charge >= 0.3 is 5.97 Å². The third-order valence-corrected chi connectivity index (χ3v) is 3.66. The molecule has 1 heterocycles. The second-order valence-corrected chi connectivity index (χ2v) is 5.63. The number of aliphatic carboxylic acids is 1. The zero-order chi connectivity index (χ0) is 14.5. The molecule has 1 aliphatic heterocycles. The first-order valence-corrected chi connectivity index (χ1v) is 7.25. The Morgan fingerprint density at radius 3 is 2.90 bits per heavy atom. The number of carbonyl (C=O) groups is 2. The molecule has 1 saturated heterocycles. The van der Waals surface area contributed by atoms with Crippen LogP contribution < -0.4 is 5.32 Å². The average molecular weight is 342 g/mol. The van der Waals surface area contributed by atoms with Gasteiger partial charge in [-0.25, -0.2) is 0 Å². The molecule has 0 unspecified atom stereocenters. The third kappa shape index (κ3) is 4.05. The molecule has 2 atom stereocenters. The topological polar surface area (TPSA) is 75.6 Å². The first kappa shape index (κ1) is 15.0. The predicted molar refractivity (Wildman–Crippen MR) is 76.3 cm³/mol. The fourth-order valence-electron chi connectivity index (χ4n) is 2.20. The Morgan fingerprint density at radius 2 is 2.30 bits per heavy atom. The molecule has 5 nitrogen and oxygen atoms in total. The van der Waals surface area contributed by atoms with Crippen LogP contribution in [0, 0.1) is 0 Å². The summed E-state index contributed by atoms with van der Waals surface area (Å²) in [5, 5.41) is 11.8. The van der Waals surface area contributed by atoms with Gasteiger partial charge in [0.15, 0.2) is 0 Å². The molecule has 2 rings (SSSR count). The van der Waals surface area contributed by atoms with Crippen molar-refractivity contribution in [3.05, 3.63) is 34.3 Å². The van der Waals surface area contributed by atoms with E-state index in [2.05, 4.69) is 21.2 Å². The smallest absolute Gasteiger partial charge is 0.305 e. The molecule has 1 aromatic rings. The Kier molecular flexibility index (Phi) is 5.14. The van der Waals surface area contributed by atoms with Crippen molar-refractivity contribution < 1.29 is 19.4 Å². The van der Waals surface area contributed by atoms with Gasteiger partial charge in [0.1, 0.15) is 6.10 Å². The van der Waals surface area contributed by atoms with E-state index in [4.69, 9.17) is 9.84 Å².